The number of para-hydroxylation sites is 1. The van der Waals surface area contributed by atoms with Crippen molar-refractivity contribution in [3.63, 3.8) is 0 Å². The minimum atomic E-state index is -1.79. The summed E-state index contributed by atoms with van der Waals surface area (Å²) in [5.41, 5.74) is 18.7. The highest BCUT2D eigenvalue weighted by Crippen LogP contribution is 2.25. The molecule has 43 heteroatoms. The van der Waals surface area contributed by atoms with Gasteiger partial charge in [-0.15, -0.1) is 11.8 Å². The third-order valence-corrected chi connectivity index (χ3v) is 23.1. The zero-order valence-electron chi connectivity index (χ0n) is 73.9. The van der Waals surface area contributed by atoms with Crippen LogP contribution in [-0.2, 0) is 101 Å². The lowest BCUT2D eigenvalue weighted by atomic mass is 10.0. The van der Waals surface area contributed by atoms with Crippen LogP contribution in [0.15, 0.2) is 73.3 Å². The van der Waals surface area contributed by atoms with Crippen LogP contribution in [0.4, 0.5) is 0 Å². The van der Waals surface area contributed by atoms with Gasteiger partial charge < -0.3 is 116 Å². The summed E-state index contributed by atoms with van der Waals surface area (Å²) in [5, 5.41) is 48.3. The van der Waals surface area contributed by atoms with Gasteiger partial charge in [-0.05, 0) is 81.4 Å². The number of likely N-dealkylation sites (N-methyl/N-ethyl adjacent to an activating group) is 4. The molecule has 0 aliphatic carbocycles. The number of thioether (sulfide) groups is 1. The predicted octanol–water partition coefficient (Wildman–Crippen LogP) is -3.48. The van der Waals surface area contributed by atoms with Gasteiger partial charge in [0.2, 0.25) is 100 Å². The standard InChI is InChI=1S/C84H128N24O18S/c1-11-14-27-56-80(123)106(10)66(31-16-13-3)83(126)105(9)64(30-15-12-2)77(120)96-55(29-22-33-91-84(87)88)73(116)102-63(72(115)93-42-68(86)111)45-127-46-70(113)95-60(36-50-24-18-17-19-25-50)81(124)104(8)49(6)71(114)99-61(39-67(85)110)82(125)107-34-23-32-65(107)78(121)98-58(38-52-41-90-47-108(52)89)75(118)100-59(35-48(4)5)79(122)103(7)43-69(112)94-57(74(117)101-62(44-109)76(119)97-56)37-51-40-92-54-28-21-20-26-53(51)54/h17-21,24-26,28,40-41,47-49,55-66,92,109H,11-16,22-23,27,29-39,42-46,89H2,1-10H3,(H2,85,110)(H2,86,111)(H,93,115)(H,94,112)(H,95,113)(H,96,120)(H,97,119)(H,98,121)(H,99,114)(H,100,118)(H,101,117)(H,102,116)(H4,87,88,91)/t49-,55-,56-,57-,58-,59-,60-,61-,62-,63-,64-,65-,66-/m0/s1. The third kappa shape index (κ3) is 31.6. The van der Waals surface area contributed by atoms with Crippen molar-refractivity contribution in [3.05, 3.63) is 90.1 Å². The molecule has 0 unspecified atom stereocenters. The van der Waals surface area contributed by atoms with E-state index in [0.717, 1.165) is 40.9 Å². The Morgan fingerprint density at radius 1 is 0.575 bits per heavy atom. The fourth-order valence-corrected chi connectivity index (χ4v) is 15.7. The van der Waals surface area contributed by atoms with Gasteiger partial charge in [0.1, 0.15) is 84.9 Å². The first-order valence-corrected chi connectivity index (χ1v) is 44.0. The summed E-state index contributed by atoms with van der Waals surface area (Å²) in [4.78, 5) is 259. The van der Waals surface area contributed by atoms with Gasteiger partial charge in [0.05, 0.1) is 43.8 Å². The zero-order chi connectivity index (χ0) is 93.9. The van der Waals surface area contributed by atoms with E-state index in [4.69, 9.17) is 28.5 Å². The predicted molar refractivity (Wildman–Crippen MR) is 471 cm³/mol. The summed E-state index contributed by atoms with van der Waals surface area (Å²) in [6, 6.07) is -3.96. The van der Waals surface area contributed by atoms with Crippen molar-refractivity contribution >= 4 is 129 Å². The number of carbonyl (C=O) groups is 17. The fourth-order valence-electron chi connectivity index (χ4n) is 14.8. The normalized spacial score (nSPS) is 23.9. The minimum absolute atomic E-state index is 0.00247. The number of hydrogen-bond acceptors (Lipinski definition) is 22. The van der Waals surface area contributed by atoms with Crippen LogP contribution < -0.4 is 81.5 Å². The SMILES string of the molecule is CCCC[C@@H]1NC(=O)[C@H](CO)NC(=O)[C@H](Cc2c[nH]c3ccccc23)NC(=O)CN(C)C(=O)[C@H](CC(C)C)NC(=O)[C@H](Cc2cncn2N)NC(=O)[C@@H]2CCCN2C(=O)[C@H](CC(N)=O)NC(=O)[C@H](C)N(C)C(=O)[C@H](Cc2ccccc2)NC(=O)CSC[C@@H](C(=O)NCC(N)=O)NC(=O)[C@H](CCCNC(=N)N)NC(=O)[C@H](CCCC)N(C)C(=O)[C@H](CCCC)N(C)C1=O. The number of unbranched alkanes of at least 4 members (excludes halogenated alkanes) is 3. The highest BCUT2D eigenvalue weighted by molar-refractivity contribution is 8.00. The van der Waals surface area contributed by atoms with E-state index in [9.17, 15) is 72.2 Å². The Morgan fingerprint density at radius 2 is 1.14 bits per heavy atom. The average molecular weight is 1790 g/mol. The molecular formula is C84H128N24O18S. The summed E-state index contributed by atoms with van der Waals surface area (Å²) < 4.78 is 1.09. The lowest BCUT2D eigenvalue weighted by molar-refractivity contribution is -0.149. The van der Waals surface area contributed by atoms with E-state index < -0.39 is 223 Å². The first-order chi connectivity index (χ1) is 60.3. The molecule has 13 atom stereocenters. The second-order valence-electron chi connectivity index (χ2n) is 32.4. The van der Waals surface area contributed by atoms with E-state index in [0.29, 0.717) is 60.6 Å². The number of nitrogens with two attached hydrogens (primary N) is 4. The lowest BCUT2D eigenvalue weighted by Crippen LogP contribution is -2.61. The minimum Gasteiger partial charge on any atom is -0.394 e. The molecule has 2 saturated heterocycles. The van der Waals surface area contributed by atoms with Crippen LogP contribution in [0.1, 0.15) is 155 Å². The quantitative estimate of drug-likeness (QED) is 0.0119. The molecule has 698 valence electrons. The van der Waals surface area contributed by atoms with Crippen molar-refractivity contribution in [3.8, 4) is 0 Å². The van der Waals surface area contributed by atoms with Gasteiger partial charge in [-0.1, -0.05) is 122 Å². The van der Waals surface area contributed by atoms with Gasteiger partial charge in [0.15, 0.2) is 5.96 Å². The van der Waals surface area contributed by atoms with Crippen molar-refractivity contribution in [2.24, 2.45) is 23.1 Å². The Balaban J connectivity index is 1.43. The highest BCUT2D eigenvalue weighted by atomic mass is 32.2. The van der Waals surface area contributed by atoms with Crippen molar-refractivity contribution in [2.45, 2.75) is 236 Å². The van der Waals surface area contributed by atoms with Crippen molar-refractivity contribution in [1.29, 1.82) is 5.41 Å². The molecule has 2 aromatic heterocycles. The first-order valence-electron chi connectivity index (χ1n) is 42.9. The first kappa shape index (κ1) is 103. The van der Waals surface area contributed by atoms with Crippen LogP contribution in [0, 0.1) is 11.3 Å². The van der Waals surface area contributed by atoms with E-state index in [1.54, 1.807) is 74.6 Å². The van der Waals surface area contributed by atoms with Gasteiger partial charge in [-0.25, -0.2) is 4.98 Å². The molecule has 22 N–H and O–H groups in total. The molecule has 2 fully saturated rings. The van der Waals surface area contributed by atoms with Crippen LogP contribution in [0.2, 0.25) is 0 Å². The Bertz CT molecular complexity index is 4490. The summed E-state index contributed by atoms with van der Waals surface area (Å²) in [7, 11) is 5.25. The zero-order valence-corrected chi connectivity index (χ0v) is 74.7. The highest BCUT2D eigenvalue weighted by Gasteiger charge is 2.44. The van der Waals surface area contributed by atoms with Crippen LogP contribution in [-0.4, -0.2) is 302 Å². The summed E-state index contributed by atoms with van der Waals surface area (Å²) in [6.45, 7) is 7.78. The smallest absolute Gasteiger partial charge is 0.246 e. The van der Waals surface area contributed by atoms with Crippen LogP contribution >= 0.6 is 11.8 Å². The number of aromatic nitrogens is 3. The second-order valence-corrected chi connectivity index (χ2v) is 33.5. The fraction of sp³-hybridized carbons (Fsp3) is 0.583. The number of aromatic amines is 1. The largest absolute Gasteiger partial charge is 0.394 e. The Kier molecular flexibility index (Phi) is 41.7. The Morgan fingerprint density at radius 3 is 1.77 bits per heavy atom. The number of guanidine groups is 1. The maximum Gasteiger partial charge on any atom is 0.246 e. The number of benzene rings is 2. The lowest BCUT2D eigenvalue weighted by Gasteiger charge is -2.36. The molecule has 17 amide bonds. The summed E-state index contributed by atoms with van der Waals surface area (Å²) in [6.07, 6.45) is 5.34. The van der Waals surface area contributed by atoms with Gasteiger partial charge >= 0.3 is 0 Å². The van der Waals surface area contributed by atoms with E-state index in [-0.39, 0.29) is 95.3 Å². The number of nitrogen functional groups attached to an aromatic ring is 1. The molecule has 6 rings (SSSR count). The molecule has 0 radical (unpaired) electrons. The topological polar surface area (TPSA) is 620 Å². The molecule has 0 spiro atoms. The van der Waals surface area contributed by atoms with Gasteiger partial charge in [0, 0.05) is 83.4 Å². The van der Waals surface area contributed by atoms with Crippen molar-refractivity contribution in [2.75, 3.05) is 78.3 Å². The van der Waals surface area contributed by atoms with Gasteiger partial charge in [0.25, 0.3) is 0 Å². The molecule has 0 bridgehead atoms. The molecule has 127 heavy (non-hydrogen) atoms. The number of nitrogens with zero attached hydrogens (tertiary/aromatic N) is 7. The van der Waals surface area contributed by atoms with Crippen molar-refractivity contribution < 1.29 is 86.6 Å². The number of nitrogens with one attached hydrogen (secondary N) is 13. The number of aliphatic hydroxyl groups is 1. The van der Waals surface area contributed by atoms with Gasteiger partial charge in [-0.2, -0.15) is 0 Å². The van der Waals surface area contributed by atoms with Gasteiger partial charge in [-0.3, -0.25) is 91.6 Å². The number of carbonyl (C=O) groups excluding carboxylic acids is 17. The molecule has 4 aromatic rings. The summed E-state index contributed by atoms with van der Waals surface area (Å²) in [5.74, 6) is -10.8. The van der Waals surface area contributed by atoms with Crippen molar-refractivity contribution in [1.82, 2.24) is 97.6 Å². The van der Waals surface area contributed by atoms with E-state index in [1.807, 2.05) is 20.8 Å². The van der Waals surface area contributed by atoms with Crippen LogP contribution in [0.25, 0.3) is 10.9 Å². The number of hydrogen-bond donors (Lipinski definition) is 18. The molecular weight excluding hydrogens is 1670 g/mol. The van der Waals surface area contributed by atoms with Crippen LogP contribution in [0.3, 0.4) is 0 Å². The Hall–Kier alpha value is -12.4. The van der Waals surface area contributed by atoms with E-state index in [2.05, 4.69) is 68.5 Å². The monoisotopic (exact) mass is 1790 g/mol. The summed E-state index contributed by atoms with van der Waals surface area (Å²) >= 11 is 0.796. The molecule has 2 aromatic carbocycles. The van der Waals surface area contributed by atoms with E-state index >= 15 is 14.4 Å². The Labute approximate surface area is 742 Å². The average Bonchev–Trinajstić information content (AvgIpc) is 1.52. The number of aliphatic hydroxyl groups excluding tert-OH is 1. The number of amides is 17. The van der Waals surface area contributed by atoms with Crippen LogP contribution in [0.5, 0.6) is 0 Å². The van der Waals surface area contributed by atoms with E-state index in [1.165, 1.54) is 47.6 Å². The molecule has 2 aliphatic rings. The maximum absolute atomic E-state index is 15.3. The molecule has 0 saturated carbocycles. The number of rotatable bonds is 27. The second kappa shape index (κ2) is 51.2. The molecule has 4 heterocycles. The number of imidazole rings is 1. The maximum atomic E-state index is 15.3. The molecule has 42 nitrogen and oxygen atoms in total. The molecule has 2 aliphatic heterocycles. The number of primary amides is 2. The number of H-pyrrole nitrogens is 1. The third-order valence-electron chi connectivity index (χ3n) is 22.1. The number of fused-ring (bicyclic) bond motifs is 2.